The van der Waals surface area contributed by atoms with Crippen molar-refractivity contribution in [2.24, 2.45) is 17.8 Å². The van der Waals surface area contributed by atoms with E-state index in [2.05, 4.69) is 0 Å². The Morgan fingerprint density at radius 1 is 1.22 bits per heavy atom. The zero-order valence-corrected chi connectivity index (χ0v) is 13.3. The molecule has 0 heterocycles. The highest BCUT2D eigenvalue weighted by atomic mass is 35.5. The Morgan fingerprint density at radius 3 is 2.57 bits per heavy atom. The molecule has 1 aromatic carbocycles. The number of nitrogens with zero attached hydrogens (tertiary/aromatic N) is 1. The second kappa shape index (κ2) is 5.88. The molecule has 0 amide bonds. The summed E-state index contributed by atoms with van der Waals surface area (Å²) >= 11 is 5.44. The van der Waals surface area contributed by atoms with Crippen molar-refractivity contribution in [3.63, 3.8) is 0 Å². The van der Waals surface area contributed by atoms with E-state index >= 15 is 0 Å². The van der Waals surface area contributed by atoms with Gasteiger partial charge in [-0.25, -0.2) is 17.6 Å². The lowest BCUT2D eigenvalue weighted by molar-refractivity contribution is -0.109. The predicted molar refractivity (Wildman–Crippen MR) is 76.5 cm³/mol. The van der Waals surface area contributed by atoms with Crippen LogP contribution in [0.1, 0.15) is 37.3 Å². The van der Waals surface area contributed by atoms with Crippen molar-refractivity contribution in [2.45, 2.75) is 44.6 Å². The Bertz CT molecular complexity index is 606. The van der Waals surface area contributed by atoms with E-state index in [1.54, 1.807) is 0 Å². The van der Waals surface area contributed by atoms with Crippen molar-refractivity contribution in [3.8, 4) is 0 Å². The van der Waals surface area contributed by atoms with Crippen molar-refractivity contribution in [2.75, 3.05) is 0 Å². The molecule has 1 nitrogen and oxygen atoms in total. The number of fused-ring (bicyclic) bond motifs is 1. The van der Waals surface area contributed by atoms with Crippen LogP contribution >= 0.6 is 11.8 Å². The molecule has 1 saturated carbocycles. The fraction of sp³-hybridized carbons (Fsp3) is 0.625. The molecule has 3 rings (SSSR count). The topological polar surface area (TPSA) is 3.24 Å². The maximum absolute atomic E-state index is 14.8. The maximum atomic E-state index is 14.8. The third kappa shape index (κ3) is 2.74. The lowest BCUT2D eigenvalue weighted by Crippen LogP contribution is -2.43. The smallest absolute Gasteiger partial charge is 0.204 e. The van der Waals surface area contributed by atoms with Gasteiger partial charge in [0.2, 0.25) is 0 Å². The van der Waals surface area contributed by atoms with Gasteiger partial charge < -0.3 is 0 Å². The van der Waals surface area contributed by atoms with Gasteiger partial charge in [0.15, 0.2) is 11.6 Å². The summed E-state index contributed by atoms with van der Waals surface area (Å²) in [6.07, 6.45) is 1.34. The molecular formula is C16H17ClF5N. The van der Waals surface area contributed by atoms with Crippen LogP contribution in [0.15, 0.2) is 12.1 Å². The summed E-state index contributed by atoms with van der Waals surface area (Å²) in [7, 11) is 0. The molecule has 4 atom stereocenters. The van der Waals surface area contributed by atoms with E-state index < -0.39 is 41.0 Å². The second-order valence-electron chi connectivity index (χ2n) is 6.74. The van der Waals surface area contributed by atoms with Crippen LogP contribution in [0.25, 0.3) is 0 Å². The number of alkyl halides is 2. The van der Waals surface area contributed by atoms with Crippen molar-refractivity contribution < 1.29 is 22.0 Å². The highest BCUT2D eigenvalue weighted by Crippen LogP contribution is 2.54. The lowest BCUT2D eigenvalue weighted by Gasteiger charge is -2.40. The summed E-state index contributed by atoms with van der Waals surface area (Å²) in [4.78, 5) is 0. The summed E-state index contributed by atoms with van der Waals surface area (Å²) < 4.78 is 70.4. The highest BCUT2D eigenvalue weighted by Gasteiger charge is 2.56. The molecular weight excluding hydrogens is 337 g/mol. The first-order valence-electron chi connectivity index (χ1n) is 7.69. The quantitative estimate of drug-likeness (QED) is 0.510. The van der Waals surface area contributed by atoms with Gasteiger partial charge in [-0.15, -0.1) is 4.48 Å². The van der Waals surface area contributed by atoms with Crippen molar-refractivity contribution in [1.29, 1.82) is 0 Å². The molecule has 0 bridgehead atoms. The standard InChI is InChI=1S/C16H17ClF5N/c1-8-2-4-10(13(6-8)23(17)22)11-7-9-3-5-12(18)15(19)14(9)16(11,20)21/h3,5,8,10-11,13H,2,4,6-7H2,1H3. The largest absolute Gasteiger partial charge is 0.279 e. The summed E-state index contributed by atoms with van der Waals surface area (Å²) in [5, 5.41) is 0. The van der Waals surface area contributed by atoms with E-state index in [1.165, 1.54) is 6.07 Å². The van der Waals surface area contributed by atoms with Crippen LogP contribution < -0.4 is 0 Å². The SMILES string of the molecule is CC1CCC(C2Cc3ccc(F)c(F)c3C2(F)F)C(N(F)Cl)C1. The highest BCUT2D eigenvalue weighted by molar-refractivity contribution is 6.12. The third-order valence-corrected chi connectivity index (χ3v) is 5.57. The van der Waals surface area contributed by atoms with Crippen LogP contribution in [0, 0.1) is 29.4 Å². The first-order valence-corrected chi connectivity index (χ1v) is 8.03. The zero-order valence-electron chi connectivity index (χ0n) is 12.5. The van der Waals surface area contributed by atoms with Gasteiger partial charge in [-0.2, -0.15) is 0 Å². The van der Waals surface area contributed by atoms with Crippen LogP contribution in [0.5, 0.6) is 0 Å². The maximum Gasteiger partial charge on any atom is 0.279 e. The van der Waals surface area contributed by atoms with Crippen LogP contribution in [-0.4, -0.2) is 10.7 Å². The minimum absolute atomic E-state index is 0.0175. The number of hydrogen-bond donors (Lipinski definition) is 0. The fourth-order valence-corrected chi connectivity index (χ4v) is 4.38. The Balaban J connectivity index is 1.97. The first-order chi connectivity index (χ1) is 10.7. The molecule has 0 aromatic heterocycles. The van der Waals surface area contributed by atoms with Gasteiger partial charge >= 0.3 is 0 Å². The average molecular weight is 354 g/mol. The van der Waals surface area contributed by atoms with E-state index in [-0.39, 0.29) is 22.5 Å². The van der Waals surface area contributed by atoms with Gasteiger partial charge in [0.05, 0.1) is 11.6 Å². The number of halogens is 6. The molecule has 1 fully saturated rings. The third-order valence-electron chi connectivity index (χ3n) is 5.32. The summed E-state index contributed by atoms with van der Waals surface area (Å²) in [6, 6.07) is 1.20. The second-order valence-corrected chi connectivity index (χ2v) is 7.06. The molecule has 4 unspecified atom stereocenters. The molecule has 0 N–H and O–H groups in total. The molecule has 2 aliphatic carbocycles. The molecule has 2 aliphatic rings. The normalized spacial score (nSPS) is 33.0. The molecule has 0 spiro atoms. The van der Waals surface area contributed by atoms with Gasteiger partial charge in [0.1, 0.15) is 0 Å². The van der Waals surface area contributed by atoms with E-state index in [9.17, 15) is 22.0 Å². The van der Waals surface area contributed by atoms with Gasteiger partial charge in [-0.05, 0) is 42.7 Å². The molecule has 23 heavy (non-hydrogen) atoms. The fourth-order valence-electron chi connectivity index (χ4n) is 4.16. The monoisotopic (exact) mass is 353 g/mol. The van der Waals surface area contributed by atoms with Crippen LogP contribution in [0.2, 0.25) is 0 Å². The Hall–Kier alpha value is -0.880. The molecule has 0 aliphatic heterocycles. The van der Waals surface area contributed by atoms with E-state index in [0.29, 0.717) is 19.3 Å². The van der Waals surface area contributed by atoms with Gasteiger partial charge in [-0.1, -0.05) is 24.1 Å². The van der Waals surface area contributed by atoms with Gasteiger partial charge in [0, 0.05) is 17.7 Å². The van der Waals surface area contributed by atoms with E-state index in [0.717, 1.165) is 6.07 Å². The van der Waals surface area contributed by atoms with E-state index in [1.807, 2.05) is 6.92 Å². The number of rotatable bonds is 2. The molecule has 0 saturated heterocycles. The van der Waals surface area contributed by atoms with Crippen molar-refractivity contribution in [1.82, 2.24) is 4.64 Å². The summed E-state index contributed by atoms with van der Waals surface area (Å²) in [6.45, 7) is 1.92. The summed E-state index contributed by atoms with van der Waals surface area (Å²) in [5.74, 6) is -8.12. The Labute approximate surface area is 136 Å². The number of hydrogen-bond acceptors (Lipinski definition) is 1. The van der Waals surface area contributed by atoms with Gasteiger partial charge in [0.25, 0.3) is 5.92 Å². The van der Waals surface area contributed by atoms with Gasteiger partial charge in [-0.3, -0.25) is 0 Å². The van der Waals surface area contributed by atoms with Crippen LogP contribution in [0.3, 0.4) is 0 Å². The summed E-state index contributed by atoms with van der Waals surface area (Å²) in [5.41, 5.74) is -0.781. The van der Waals surface area contributed by atoms with Crippen molar-refractivity contribution >= 4 is 11.8 Å². The predicted octanol–water partition coefficient (Wildman–Crippen LogP) is 5.37. The molecule has 1 aromatic rings. The van der Waals surface area contributed by atoms with E-state index in [4.69, 9.17) is 11.8 Å². The van der Waals surface area contributed by atoms with Crippen LogP contribution in [0.4, 0.5) is 22.0 Å². The minimum Gasteiger partial charge on any atom is -0.204 e. The zero-order chi connectivity index (χ0) is 16.9. The lowest BCUT2D eigenvalue weighted by atomic mass is 9.71. The molecule has 7 heteroatoms. The number of benzene rings is 1. The average Bonchev–Trinajstić information content (AvgIpc) is 2.74. The molecule has 128 valence electrons. The van der Waals surface area contributed by atoms with Crippen LogP contribution in [-0.2, 0) is 12.3 Å². The Morgan fingerprint density at radius 2 is 1.91 bits per heavy atom. The van der Waals surface area contributed by atoms with Crippen molar-refractivity contribution in [3.05, 3.63) is 34.9 Å². The molecule has 0 radical (unpaired) electrons. The minimum atomic E-state index is -3.53. The Kier molecular flexibility index (Phi) is 4.34. The first kappa shape index (κ1) is 17.0.